The Morgan fingerprint density at radius 1 is 0.923 bits per heavy atom. The maximum Gasteiger partial charge on any atom is 0.255 e. The predicted molar refractivity (Wildman–Crippen MR) is 161 cm³/mol. The van der Waals surface area contributed by atoms with E-state index < -0.39 is 0 Å². The molecule has 0 aliphatic rings. The van der Waals surface area contributed by atoms with E-state index in [4.69, 9.17) is 16.3 Å². The zero-order chi connectivity index (χ0) is 27.0. The predicted octanol–water partition coefficient (Wildman–Crippen LogP) is 6.38. The summed E-state index contributed by atoms with van der Waals surface area (Å²) in [5.74, 6) is 0.463. The summed E-state index contributed by atoms with van der Waals surface area (Å²) in [6.07, 6.45) is 17.8. The molecule has 4 nitrogen and oxygen atoms in total. The summed E-state index contributed by atoms with van der Waals surface area (Å²) in [5.41, 5.74) is 4.44. The largest absolute Gasteiger partial charge is 1.00 e. The summed E-state index contributed by atoms with van der Waals surface area (Å²) in [4.78, 5) is 14.3. The summed E-state index contributed by atoms with van der Waals surface area (Å²) in [7, 11) is 0. The first-order valence-electron chi connectivity index (χ1n) is 14.3. The van der Waals surface area contributed by atoms with Crippen LogP contribution in [0.3, 0.4) is 0 Å². The van der Waals surface area contributed by atoms with Crippen molar-refractivity contribution in [1.82, 2.24) is 0 Å². The van der Waals surface area contributed by atoms with Crippen molar-refractivity contribution in [3.8, 4) is 5.75 Å². The van der Waals surface area contributed by atoms with E-state index in [0.717, 1.165) is 24.9 Å². The Bertz CT molecular complexity index is 1120. The molecule has 3 aromatic rings. The van der Waals surface area contributed by atoms with Gasteiger partial charge in [0.1, 0.15) is 5.75 Å². The first-order chi connectivity index (χ1) is 18.5. The smallest absolute Gasteiger partial charge is 0.255 e. The number of unbranched alkanes of at least 4 members (excludes halogenated alkanes) is 11. The van der Waals surface area contributed by atoms with Crippen LogP contribution in [0.2, 0.25) is 5.02 Å². The van der Waals surface area contributed by atoms with E-state index >= 15 is 0 Å². The number of aryl methyl sites for hydroxylation is 1. The van der Waals surface area contributed by atoms with Crippen LogP contribution in [-0.4, -0.2) is 12.5 Å². The van der Waals surface area contributed by atoms with Gasteiger partial charge in [-0.05, 0) is 37.6 Å². The van der Waals surface area contributed by atoms with E-state index in [2.05, 4.69) is 35.4 Å². The summed E-state index contributed by atoms with van der Waals surface area (Å²) >= 11 is 7.95. The maximum atomic E-state index is 13.0. The number of rotatable bonds is 18. The highest BCUT2D eigenvalue weighted by Gasteiger charge is 2.13. The zero-order valence-corrected chi connectivity index (χ0v) is 26.7. The lowest BCUT2D eigenvalue weighted by Gasteiger charge is -2.13. The minimum atomic E-state index is -0.157. The highest BCUT2D eigenvalue weighted by atomic mass is 79.9. The molecule has 0 spiro atoms. The molecule has 0 fully saturated rings. The quantitative estimate of drug-likeness (QED) is 0.130. The Kier molecular flexibility index (Phi) is 16.4. The number of nitrogens with one attached hydrogen (secondary N) is 1. The SMILES string of the molecule is CCCCCCCCCCCCCCOc1cc(Cl)ccc1NC(=O)c1cccc(C[n+]2csc(C)c2)c1.[Br-]. The molecule has 0 aliphatic heterocycles. The number of hydrogen-bond donors (Lipinski definition) is 1. The second-order valence-corrected chi connectivity index (χ2v) is 11.7. The lowest BCUT2D eigenvalue weighted by atomic mass is 10.1. The molecule has 0 saturated heterocycles. The van der Waals surface area contributed by atoms with Gasteiger partial charge in [-0.25, -0.2) is 0 Å². The first-order valence-corrected chi connectivity index (χ1v) is 15.6. The van der Waals surface area contributed by atoms with Crippen molar-refractivity contribution in [3.05, 3.63) is 75.2 Å². The van der Waals surface area contributed by atoms with Gasteiger partial charge < -0.3 is 27.0 Å². The fourth-order valence-corrected chi connectivity index (χ4v) is 5.38. The van der Waals surface area contributed by atoms with Crippen LogP contribution in [0, 0.1) is 6.92 Å². The fourth-order valence-electron chi connectivity index (χ4n) is 4.59. The number of benzene rings is 2. The molecule has 0 saturated carbocycles. The Hall–Kier alpha value is -1.89. The molecule has 1 aromatic heterocycles. The Morgan fingerprint density at radius 2 is 1.59 bits per heavy atom. The number of thiazole rings is 1. The Labute approximate surface area is 254 Å². The molecule has 214 valence electrons. The first kappa shape index (κ1) is 33.3. The second-order valence-electron chi connectivity index (χ2n) is 10.2. The van der Waals surface area contributed by atoms with Gasteiger partial charge in [-0.1, -0.05) is 113 Å². The van der Waals surface area contributed by atoms with Gasteiger partial charge in [0.2, 0.25) is 5.51 Å². The molecule has 0 radical (unpaired) electrons. The molecule has 2 aromatic carbocycles. The minimum absolute atomic E-state index is 0. The highest BCUT2D eigenvalue weighted by molar-refractivity contribution is 7.09. The van der Waals surface area contributed by atoms with Crippen LogP contribution in [0.4, 0.5) is 5.69 Å². The number of carbonyl (C=O) groups excluding carboxylic acids is 1. The van der Waals surface area contributed by atoms with Gasteiger partial charge in [0.15, 0.2) is 12.7 Å². The number of hydrogen-bond acceptors (Lipinski definition) is 3. The monoisotopic (exact) mass is 634 g/mol. The van der Waals surface area contributed by atoms with Crippen LogP contribution in [0.25, 0.3) is 0 Å². The van der Waals surface area contributed by atoms with Gasteiger partial charge >= 0.3 is 0 Å². The van der Waals surface area contributed by atoms with Crippen LogP contribution < -0.4 is 31.6 Å². The number of ether oxygens (including phenoxy) is 1. The van der Waals surface area contributed by atoms with Crippen molar-refractivity contribution < 1.29 is 31.1 Å². The molecule has 0 bridgehead atoms. The number of carbonyl (C=O) groups is 1. The van der Waals surface area contributed by atoms with Crippen LogP contribution in [0.1, 0.15) is 105 Å². The van der Waals surface area contributed by atoms with Crippen LogP contribution in [0.15, 0.2) is 54.2 Å². The van der Waals surface area contributed by atoms with Gasteiger partial charge in [-0.15, -0.1) is 0 Å². The van der Waals surface area contributed by atoms with E-state index in [1.165, 1.54) is 69.1 Å². The number of nitrogens with zero attached hydrogens (tertiary/aromatic N) is 1. The van der Waals surface area contributed by atoms with Crippen LogP contribution >= 0.6 is 22.9 Å². The number of halogens is 2. The third-order valence-corrected chi connectivity index (χ3v) is 7.81. The molecule has 0 atom stereocenters. The lowest BCUT2D eigenvalue weighted by molar-refractivity contribution is -0.683. The zero-order valence-electron chi connectivity index (χ0n) is 23.5. The normalized spacial score (nSPS) is 10.7. The summed E-state index contributed by atoms with van der Waals surface area (Å²) < 4.78 is 8.19. The Balaban J connectivity index is 0.00000533. The Morgan fingerprint density at radius 3 is 2.23 bits per heavy atom. The third-order valence-electron chi connectivity index (χ3n) is 6.72. The van der Waals surface area contributed by atoms with Gasteiger partial charge in [0.25, 0.3) is 5.91 Å². The molecule has 1 N–H and O–H groups in total. The van der Waals surface area contributed by atoms with E-state index in [1.54, 1.807) is 23.5 Å². The van der Waals surface area contributed by atoms with Crippen molar-refractivity contribution in [2.75, 3.05) is 11.9 Å². The van der Waals surface area contributed by atoms with Gasteiger partial charge in [0, 0.05) is 22.2 Å². The van der Waals surface area contributed by atoms with Crippen LogP contribution in [-0.2, 0) is 6.54 Å². The summed E-state index contributed by atoms with van der Waals surface area (Å²) in [6.45, 7) is 5.72. The van der Waals surface area contributed by atoms with E-state index in [-0.39, 0.29) is 22.9 Å². The average molecular weight is 636 g/mol. The molecule has 3 rings (SSSR count). The van der Waals surface area contributed by atoms with Crippen molar-refractivity contribution in [2.24, 2.45) is 0 Å². The molecular formula is C32H44BrClN2O2S. The molecule has 39 heavy (non-hydrogen) atoms. The molecule has 0 aliphatic carbocycles. The maximum absolute atomic E-state index is 13.0. The standard InChI is InChI=1S/C32H43ClN2O2S.BrH/c1-3-4-5-6-7-8-9-10-11-12-13-14-20-37-31-22-29(33)18-19-30(31)34-32(36)28-17-15-16-27(21-28)24-35-23-26(2)38-25-35;/h15-19,21-23,25H,3-14,20,24H2,1-2H3;1H. The van der Waals surface area contributed by atoms with E-state index in [9.17, 15) is 4.79 Å². The van der Waals surface area contributed by atoms with Gasteiger partial charge in [-0.2, -0.15) is 4.57 Å². The lowest BCUT2D eigenvalue weighted by Crippen LogP contribution is -3.00. The van der Waals surface area contributed by atoms with E-state index in [1.807, 2.05) is 30.3 Å². The number of amides is 1. The van der Waals surface area contributed by atoms with Gasteiger partial charge in [0.05, 0.1) is 17.2 Å². The molecule has 1 heterocycles. The molecule has 7 heteroatoms. The number of anilines is 1. The highest BCUT2D eigenvalue weighted by Crippen LogP contribution is 2.29. The second kappa shape index (κ2) is 19.2. The minimum Gasteiger partial charge on any atom is -1.00 e. The molecule has 0 unspecified atom stereocenters. The van der Waals surface area contributed by atoms with Crippen molar-refractivity contribution in [1.29, 1.82) is 0 Å². The third kappa shape index (κ3) is 12.9. The fraction of sp³-hybridized carbons (Fsp3) is 0.500. The average Bonchev–Trinajstić information content (AvgIpc) is 3.32. The van der Waals surface area contributed by atoms with Gasteiger partial charge in [-0.3, -0.25) is 4.79 Å². The molecule has 1 amide bonds. The van der Waals surface area contributed by atoms with E-state index in [0.29, 0.717) is 28.6 Å². The van der Waals surface area contributed by atoms with Crippen molar-refractivity contribution in [3.63, 3.8) is 0 Å². The summed E-state index contributed by atoms with van der Waals surface area (Å²) in [6, 6.07) is 13.1. The number of aromatic nitrogens is 1. The molecular weight excluding hydrogens is 592 g/mol. The van der Waals surface area contributed by atoms with Crippen LogP contribution in [0.5, 0.6) is 5.75 Å². The van der Waals surface area contributed by atoms with Crippen molar-refractivity contribution in [2.45, 2.75) is 97.4 Å². The van der Waals surface area contributed by atoms with Crippen molar-refractivity contribution >= 4 is 34.5 Å². The topological polar surface area (TPSA) is 42.2 Å². The summed E-state index contributed by atoms with van der Waals surface area (Å²) in [5, 5.41) is 3.61.